The topological polar surface area (TPSA) is 39.7 Å². The molecule has 5 heteroatoms. The highest BCUT2D eigenvalue weighted by Crippen LogP contribution is 2.40. The minimum Gasteiger partial charge on any atom is -0.363 e. The Morgan fingerprint density at radius 3 is 2.38 bits per heavy atom. The largest absolute Gasteiger partial charge is 0.363 e. The van der Waals surface area contributed by atoms with Crippen molar-refractivity contribution < 1.29 is 4.79 Å². The van der Waals surface area contributed by atoms with E-state index in [-0.39, 0.29) is 0 Å². The van der Waals surface area contributed by atoms with E-state index >= 15 is 0 Å². The average Bonchev–Trinajstić information content (AvgIpc) is 2.74. The molecule has 0 atom stereocenters. The first-order valence-electron chi connectivity index (χ1n) is 10.7. The van der Waals surface area contributed by atoms with E-state index in [4.69, 9.17) is 0 Å². The van der Waals surface area contributed by atoms with E-state index in [0.29, 0.717) is 17.7 Å². The minimum atomic E-state index is 0.298. The molecule has 154 valence electrons. The third-order valence-corrected chi connectivity index (χ3v) is 6.55. The third-order valence-electron chi connectivity index (χ3n) is 6.55. The fourth-order valence-corrected chi connectivity index (χ4v) is 4.68. The molecule has 0 radical (unpaired) electrons. The van der Waals surface area contributed by atoms with Gasteiger partial charge in [-0.2, -0.15) is 0 Å². The Bertz CT molecular complexity index is 811. The quantitative estimate of drug-likeness (QED) is 0.780. The Labute approximate surface area is 174 Å². The number of rotatable bonds is 5. The smallest absolute Gasteiger partial charge is 0.222 e. The summed E-state index contributed by atoms with van der Waals surface area (Å²) in [5, 5.41) is 0. The summed E-state index contributed by atoms with van der Waals surface area (Å²) in [6, 6.07) is 14.7. The summed E-state index contributed by atoms with van der Waals surface area (Å²) < 4.78 is 0. The Kier molecular flexibility index (Phi) is 5.86. The second kappa shape index (κ2) is 8.54. The molecule has 3 heterocycles. The Hall–Kier alpha value is -2.40. The number of piperidine rings is 2. The van der Waals surface area contributed by atoms with Gasteiger partial charge in [-0.25, -0.2) is 4.98 Å². The van der Waals surface area contributed by atoms with Crippen molar-refractivity contribution in [2.24, 2.45) is 5.41 Å². The van der Waals surface area contributed by atoms with E-state index in [1.54, 1.807) is 0 Å². The summed E-state index contributed by atoms with van der Waals surface area (Å²) in [7, 11) is 4.03. The SMILES string of the molecule is CN(C)c1ccc(CN2CCC3(CCC(=O)N(Cc4ccccc4)C3)CC2)cn1. The summed E-state index contributed by atoms with van der Waals surface area (Å²) in [4.78, 5) is 23.7. The van der Waals surface area contributed by atoms with E-state index in [9.17, 15) is 4.79 Å². The van der Waals surface area contributed by atoms with E-state index < -0.39 is 0 Å². The van der Waals surface area contributed by atoms with Crippen LogP contribution in [0.2, 0.25) is 0 Å². The van der Waals surface area contributed by atoms with Crippen molar-refractivity contribution >= 4 is 11.7 Å². The van der Waals surface area contributed by atoms with Gasteiger partial charge >= 0.3 is 0 Å². The van der Waals surface area contributed by atoms with E-state index in [0.717, 1.165) is 45.0 Å². The number of benzene rings is 1. The van der Waals surface area contributed by atoms with Crippen molar-refractivity contribution in [3.8, 4) is 0 Å². The number of hydrogen-bond acceptors (Lipinski definition) is 4. The van der Waals surface area contributed by atoms with Crippen molar-refractivity contribution in [2.75, 3.05) is 38.6 Å². The van der Waals surface area contributed by atoms with Crippen LogP contribution in [0.25, 0.3) is 0 Å². The second-order valence-corrected chi connectivity index (χ2v) is 8.93. The second-order valence-electron chi connectivity index (χ2n) is 8.93. The Morgan fingerprint density at radius 1 is 0.966 bits per heavy atom. The number of anilines is 1. The molecule has 0 bridgehead atoms. The van der Waals surface area contributed by atoms with Crippen LogP contribution in [0.15, 0.2) is 48.7 Å². The van der Waals surface area contributed by atoms with Crippen LogP contribution in [0.1, 0.15) is 36.8 Å². The van der Waals surface area contributed by atoms with Crippen LogP contribution in [0.4, 0.5) is 5.82 Å². The lowest BCUT2D eigenvalue weighted by Crippen LogP contribution is -2.51. The highest BCUT2D eigenvalue weighted by molar-refractivity contribution is 5.77. The van der Waals surface area contributed by atoms with Crippen LogP contribution < -0.4 is 4.90 Å². The Morgan fingerprint density at radius 2 is 1.72 bits per heavy atom. The highest BCUT2D eigenvalue weighted by atomic mass is 16.2. The Balaban J connectivity index is 1.33. The number of carbonyl (C=O) groups excluding carboxylic acids is 1. The lowest BCUT2D eigenvalue weighted by Gasteiger charge is -2.47. The zero-order valence-electron chi connectivity index (χ0n) is 17.7. The minimum absolute atomic E-state index is 0.298. The normalized spacial score (nSPS) is 19.5. The van der Waals surface area contributed by atoms with Gasteiger partial charge in [0.15, 0.2) is 0 Å². The molecule has 0 unspecified atom stereocenters. The number of aromatic nitrogens is 1. The lowest BCUT2D eigenvalue weighted by atomic mass is 9.72. The molecule has 2 aliphatic heterocycles. The van der Waals surface area contributed by atoms with Gasteiger partial charge in [-0.3, -0.25) is 9.69 Å². The van der Waals surface area contributed by atoms with Crippen molar-refractivity contribution in [2.45, 2.75) is 38.8 Å². The van der Waals surface area contributed by atoms with Crippen molar-refractivity contribution in [3.05, 3.63) is 59.8 Å². The van der Waals surface area contributed by atoms with Gasteiger partial charge in [0.25, 0.3) is 0 Å². The molecule has 4 rings (SSSR count). The molecule has 5 nitrogen and oxygen atoms in total. The summed E-state index contributed by atoms with van der Waals surface area (Å²) in [6.45, 7) is 4.82. The van der Waals surface area contributed by atoms with Crippen molar-refractivity contribution in [3.63, 3.8) is 0 Å². The molecule has 1 aromatic carbocycles. The molecular weight excluding hydrogens is 360 g/mol. The van der Waals surface area contributed by atoms with Crippen LogP contribution in [0, 0.1) is 5.41 Å². The van der Waals surface area contributed by atoms with Gasteiger partial charge in [0.2, 0.25) is 5.91 Å². The number of carbonyl (C=O) groups is 1. The monoisotopic (exact) mass is 392 g/mol. The first-order valence-corrected chi connectivity index (χ1v) is 10.7. The predicted octanol–water partition coefficient (Wildman–Crippen LogP) is 3.55. The maximum Gasteiger partial charge on any atom is 0.222 e. The first-order chi connectivity index (χ1) is 14.0. The van der Waals surface area contributed by atoms with E-state index in [1.807, 2.05) is 31.3 Å². The van der Waals surface area contributed by atoms with Crippen LogP contribution in [-0.4, -0.2) is 54.4 Å². The molecule has 0 aliphatic carbocycles. The summed E-state index contributed by atoms with van der Waals surface area (Å²) in [5.41, 5.74) is 2.80. The van der Waals surface area contributed by atoms with Gasteiger partial charge in [-0.1, -0.05) is 36.4 Å². The van der Waals surface area contributed by atoms with Gasteiger partial charge in [0, 0.05) is 46.3 Å². The molecule has 2 fully saturated rings. The fourth-order valence-electron chi connectivity index (χ4n) is 4.68. The first kappa shape index (κ1) is 19.9. The number of pyridine rings is 1. The van der Waals surface area contributed by atoms with Crippen molar-refractivity contribution in [1.82, 2.24) is 14.8 Å². The summed E-state index contributed by atoms with van der Waals surface area (Å²) in [5.74, 6) is 1.31. The molecular formula is C24H32N4O. The number of likely N-dealkylation sites (tertiary alicyclic amines) is 2. The fraction of sp³-hybridized carbons (Fsp3) is 0.500. The number of hydrogen-bond donors (Lipinski definition) is 0. The third kappa shape index (κ3) is 4.78. The number of amides is 1. The molecule has 2 aliphatic rings. The molecule has 1 amide bonds. The van der Waals surface area contributed by atoms with Gasteiger partial charge in [0.1, 0.15) is 5.82 Å². The maximum atomic E-state index is 12.5. The molecule has 1 aromatic heterocycles. The van der Waals surface area contributed by atoms with Gasteiger partial charge in [0.05, 0.1) is 0 Å². The van der Waals surface area contributed by atoms with Crippen LogP contribution >= 0.6 is 0 Å². The standard InChI is InChI=1S/C24H32N4O/c1-26(2)22-9-8-21(16-25-22)17-27-14-12-24(13-15-27)11-10-23(29)28(19-24)18-20-6-4-3-5-7-20/h3-9,16H,10-15,17-19H2,1-2H3. The summed E-state index contributed by atoms with van der Waals surface area (Å²) >= 11 is 0. The lowest BCUT2D eigenvalue weighted by molar-refractivity contribution is -0.140. The molecule has 1 spiro atoms. The zero-order valence-corrected chi connectivity index (χ0v) is 17.7. The highest BCUT2D eigenvalue weighted by Gasteiger charge is 2.40. The molecule has 29 heavy (non-hydrogen) atoms. The predicted molar refractivity (Wildman–Crippen MR) is 117 cm³/mol. The maximum absolute atomic E-state index is 12.5. The van der Waals surface area contributed by atoms with Crippen LogP contribution in [-0.2, 0) is 17.9 Å². The number of nitrogens with zero attached hydrogens (tertiary/aromatic N) is 4. The van der Waals surface area contributed by atoms with Crippen LogP contribution in [0.5, 0.6) is 0 Å². The van der Waals surface area contributed by atoms with Gasteiger partial charge in [-0.15, -0.1) is 0 Å². The average molecular weight is 393 g/mol. The molecule has 2 saturated heterocycles. The van der Waals surface area contributed by atoms with E-state index in [1.165, 1.54) is 24.0 Å². The molecule has 0 N–H and O–H groups in total. The summed E-state index contributed by atoms with van der Waals surface area (Å²) in [6.07, 6.45) is 6.09. The van der Waals surface area contributed by atoms with E-state index in [2.05, 4.69) is 51.2 Å². The van der Waals surface area contributed by atoms with Gasteiger partial charge < -0.3 is 9.80 Å². The van der Waals surface area contributed by atoms with Crippen molar-refractivity contribution in [1.29, 1.82) is 0 Å². The molecule has 2 aromatic rings. The zero-order chi connectivity index (χ0) is 20.3. The van der Waals surface area contributed by atoms with Gasteiger partial charge in [-0.05, 0) is 55.0 Å². The van der Waals surface area contributed by atoms with Crippen LogP contribution in [0.3, 0.4) is 0 Å². The molecule has 0 saturated carbocycles.